The molecular weight excluding hydrogens is 375 g/mol. The normalized spacial score (nSPS) is 12.6. The van der Waals surface area contributed by atoms with Crippen molar-refractivity contribution in [2.45, 2.75) is 52.8 Å². The van der Waals surface area contributed by atoms with E-state index in [-0.39, 0.29) is 0 Å². The highest BCUT2D eigenvalue weighted by Crippen LogP contribution is 2.25. The van der Waals surface area contributed by atoms with E-state index in [4.69, 9.17) is 4.74 Å². The Labute approximate surface area is 168 Å². The fourth-order valence-electron chi connectivity index (χ4n) is 2.75. The predicted molar refractivity (Wildman–Crippen MR) is 109 cm³/mol. The Kier molecular flexibility index (Phi) is 5.67. The number of ether oxygens (including phenoxy) is 1. The number of carbonyl (C=O) groups is 1. The summed E-state index contributed by atoms with van der Waals surface area (Å²) in [6.07, 6.45) is 2.81. The molecule has 3 aromatic rings. The van der Waals surface area contributed by atoms with Crippen LogP contribution >= 0.6 is 0 Å². The van der Waals surface area contributed by atoms with Crippen LogP contribution in [0.4, 0.5) is 20.7 Å². The number of nitrogens with zero attached hydrogens (tertiary/aromatic N) is 4. The molecule has 0 fully saturated rings. The maximum absolute atomic E-state index is 14.4. The van der Waals surface area contributed by atoms with E-state index in [1.807, 2.05) is 13.1 Å². The van der Waals surface area contributed by atoms with Crippen molar-refractivity contribution in [3.05, 3.63) is 42.0 Å². The largest absolute Gasteiger partial charge is 0.444 e. The second-order valence-corrected chi connectivity index (χ2v) is 7.68. The van der Waals surface area contributed by atoms with Gasteiger partial charge < -0.3 is 10.1 Å². The molecular formula is C20H25FN6O2. The molecule has 0 radical (unpaired) electrons. The summed E-state index contributed by atoms with van der Waals surface area (Å²) in [7, 11) is 0. The molecule has 2 N–H and O–H groups in total. The highest BCUT2D eigenvalue weighted by Gasteiger charge is 2.18. The number of aryl methyl sites for hydroxylation is 1. The van der Waals surface area contributed by atoms with E-state index < -0.39 is 23.6 Å². The number of anilines is 2. The van der Waals surface area contributed by atoms with Crippen LogP contribution in [-0.2, 0) is 11.3 Å². The van der Waals surface area contributed by atoms with Crippen molar-refractivity contribution in [3.63, 3.8) is 0 Å². The van der Waals surface area contributed by atoms with Gasteiger partial charge in [0, 0.05) is 17.8 Å². The molecule has 0 saturated carbocycles. The van der Waals surface area contributed by atoms with Crippen LogP contribution in [0.1, 0.15) is 46.2 Å². The first-order valence-electron chi connectivity index (χ1n) is 9.41. The molecule has 0 spiro atoms. The number of fused-ring (bicyclic) bond motifs is 1. The SMILES string of the molecule is CCn1cc2ncc(NC(C)c3cc(NC(=O)OC(C)(C)C)ccc3F)nc2n1. The lowest BCUT2D eigenvalue weighted by Crippen LogP contribution is -2.27. The van der Waals surface area contributed by atoms with Gasteiger partial charge in [0.05, 0.1) is 18.4 Å². The standard InChI is InChI=1S/C20H25FN6O2/c1-6-27-11-16-18(26-27)25-17(10-22-16)23-12(2)14-9-13(7-8-15(14)21)24-19(28)29-20(3,4)5/h7-12H,6H2,1-5H3,(H,24,28)(H,23,25,26). The summed E-state index contributed by atoms with van der Waals surface area (Å²) < 4.78 is 21.4. The Morgan fingerprint density at radius 1 is 1.34 bits per heavy atom. The molecule has 3 rings (SSSR count). The molecule has 1 amide bonds. The number of hydrogen-bond acceptors (Lipinski definition) is 6. The molecule has 1 atom stereocenters. The van der Waals surface area contributed by atoms with Crippen molar-refractivity contribution in [3.8, 4) is 0 Å². The van der Waals surface area contributed by atoms with Crippen LogP contribution in [0.3, 0.4) is 0 Å². The van der Waals surface area contributed by atoms with Gasteiger partial charge in [-0.3, -0.25) is 10.00 Å². The Morgan fingerprint density at radius 2 is 2.10 bits per heavy atom. The van der Waals surface area contributed by atoms with E-state index in [1.165, 1.54) is 12.1 Å². The second-order valence-electron chi connectivity index (χ2n) is 7.68. The van der Waals surface area contributed by atoms with Crippen LogP contribution in [0.2, 0.25) is 0 Å². The highest BCUT2D eigenvalue weighted by atomic mass is 19.1. The van der Waals surface area contributed by atoms with Crippen molar-refractivity contribution in [2.24, 2.45) is 0 Å². The fraction of sp³-hybridized carbons (Fsp3) is 0.400. The molecule has 0 aliphatic heterocycles. The number of amides is 1. The Balaban J connectivity index is 1.76. The first kappa shape index (κ1) is 20.5. The summed E-state index contributed by atoms with van der Waals surface area (Å²) in [5.74, 6) is 0.0836. The van der Waals surface area contributed by atoms with E-state index in [1.54, 1.807) is 44.6 Å². The summed E-state index contributed by atoms with van der Waals surface area (Å²) in [4.78, 5) is 20.7. The van der Waals surface area contributed by atoms with Gasteiger partial charge >= 0.3 is 6.09 Å². The number of hydrogen-bond donors (Lipinski definition) is 2. The van der Waals surface area contributed by atoms with E-state index in [9.17, 15) is 9.18 Å². The van der Waals surface area contributed by atoms with Crippen LogP contribution in [0.25, 0.3) is 11.2 Å². The van der Waals surface area contributed by atoms with Crippen LogP contribution in [-0.4, -0.2) is 31.4 Å². The number of nitrogens with one attached hydrogen (secondary N) is 2. The van der Waals surface area contributed by atoms with E-state index in [0.29, 0.717) is 28.2 Å². The second kappa shape index (κ2) is 8.02. The minimum Gasteiger partial charge on any atom is -0.444 e. The third-order valence-corrected chi connectivity index (χ3v) is 4.07. The summed E-state index contributed by atoms with van der Waals surface area (Å²) in [6, 6.07) is 3.93. The maximum atomic E-state index is 14.4. The van der Waals surface area contributed by atoms with Gasteiger partial charge in [-0.15, -0.1) is 0 Å². The van der Waals surface area contributed by atoms with Gasteiger partial charge in [0.2, 0.25) is 5.65 Å². The maximum Gasteiger partial charge on any atom is 0.412 e. The van der Waals surface area contributed by atoms with E-state index >= 15 is 0 Å². The molecule has 2 aromatic heterocycles. The summed E-state index contributed by atoms with van der Waals surface area (Å²) in [5.41, 5.74) is 1.40. The summed E-state index contributed by atoms with van der Waals surface area (Å²) in [5, 5.41) is 10.1. The fourth-order valence-corrected chi connectivity index (χ4v) is 2.75. The summed E-state index contributed by atoms with van der Waals surface area (Å²) in [6.45, 7) is 9.82. The molecule has 0 bridgehead atoms. The third-order valence-electron chi connectivity index (χ3n) is 4.07. The molecule has 154 valence electrons. The van der Waals surface area contributed by atoms with Gasteiger partial charge in [-0.1, -0.05) is 0 Å². The van der Waals surface area contributed by atoms with Crippen molar-refractivity contribution < 1.29 is 13.9 Å². The quantitative estimate of drug-likeness (QED) is 0.655. The lowest BCUT2D eigenvalue weighted by Gasteiger charge is -2.20. The minimum atomic E-state index is -0.621. The topological polar surface area (TPSA) is 94.0 Å². The molecule has 0 saturated heterocycles. The lowest BCUT2D eigenvalue weighted by atomic mass is 10.1. The number of rotatable bonds is 5. The molecule has 0 aliphatic rings. The predicted octanol–water partition coefficient (Wildman–Crippen LogP) is 4.51. The van der Waals surface area contributed by atoms with Gasteiger partial charge in [0.15, 0.2) is 0 Å². The molecule has 8 nitrogen and oxygen atoms in total. The first-order valence-corrected chi connectivity index (χ1v) is 9.41. The van der Waals surface area contributed by atoms with Gasteiger partial charge in [0.25, 0.3) is 0 Å². The molecule has 29 heavy (non-hydrogen) atoms. The first-order chi connectivity index (χ1) is 13.6. The van der Waals surface area contributed by atoms with Crippen molar-refractivity contribution >= 4 is 28.8 Å². The van der Waals surface area contributed by atoms with Crippen LogP contribution in [0, 0.1) is 5.82 Å². The molecule has 0 aliphatic carbocycles. The smallest absolute Gasteiger partial charge is 0.412 e. The van der Waals surface area contributed by atoms with Gasteiger partial charge in [0.1, 0.15) is 22.8 Å². The third kappa shape index (κ3) is 5.18. The monoisotopic (exact) mass is 400 g/mol. The summed E-state index contributed by atoms with van der Waals surface area (Å²) >= 11 is 0. The number of carbonyl (C=O) groups excluding carboxylic acids is 1. The van der Waals surface area contributed by atoms with Gasteiger partial charge in [-0.25, -0.2) is 19.2 Å². The highest BCUT2D eigenvalue weighted by molar-refractivity contribution is 5.85. The molecule has 2 heterocycles. The molecule has 1 unspecified atom stereocenters. The van der Waals surface area contributed by atoms with E-state index in [2.05, 4.69) is 25.7 Å². The zero-order valence-corrected chi connectivity index (χ0v) is 17.2. The lowest BCUT2D eigenvalue weighted by molar-refractivity contribution is 0.0636. The molecule has 1 aromatic carbocycles. The van der Waals surface area contributed by atoms with Gasteiger partial charge in [-0.05, 0) is 52.8 Å². The zero-order valence-electron chi connectivity index (χ0n) is 17.2. The van der Waals surface area contributed by atoms with Crippen molar-refractivity contribution in [2.75, 3.05) is 10.6 Å². The number of halogens is 1. The van der Waals surface area contributed by atoms with Gasteiger partial charge in [-0.2, -0.15) is 5.10 Å². The van der Waals surface area contributed by atoms with Crippen LogP contribution in [0.5, 0.6) is 0 Å². The van der Waals surface area contributed by atoms with Crippen LogP contribution < -0.4 is 10.6 Å². The number of aromatic nitrogens is 4. The van der Waals surface area contributed by atoms with Crippen LogP contribution in [0.15, 0.2) is 30.6 Å². The Morgan fingerprint density at radius 3 is 2.79 bits per heavy atom. The minimum absolute atomic E-state index is 0.375. The zero-order chi connectivity index (χ0) is 21.2. The Bertz CT molecular complexity index is 1030. The Hall–Kier alpha value is -3.23. The average molecular weight is 400 g/mol. The van der Waals surface area contributed by atoms with Crippen molar-refractivity contribution in [1.82, 2.24) is 19.7 Å². The molecule has 9 heteroatoms. The van der Waals surface area contributed by atoms with Crippen molar-refractivity contribution in [1.29, 1.82) is 0 Å². The average Bonchev–Trinajstić information content (AvgIpc) is 3.04. The van der Waals surface area contributed by atoms with E-state index in [0.717, 1.165) is 6.54 Å². The number of benzene rings is 1.